The van der Waals surface area contributed by atoms with E-state index in [4.69, 9.17) is 0 Å². The summed E-state index contributed by atoms with van der Waals surface area (Å²) in [5.41, 5.74) is 1.23. The Morgan fingerprint density at radius 3 is 2.90 bits per heavy atom. The van der Waals surface area contributed by atoms with Crippen LogP contribution in [-0.2, 0) is 11.2 Å². The van der Waals surface area contributed by atoms with Gasteiger partial charge in [0.1, 0.15) is 0 Å². The first kappa shape index (κ1) is 17.5. The van der Waals surface area contributed by atoms with Gasteiger partial charge in [-0.2, -0.15) is 0 Å². The summed E-state index contributed by atoms with van der Waals surface area (Å²) in [4.78, 5) is 11.9. The second-order valence-corrected chi connectivity index (χ2v) is 6.12. The van der Waals surface area contributed by atoms with E-state index in [1.165, 1.54) is 12.0 Å². The summed E-state index contributed by atoms with van der Waals surface area (Å²) in [6.07, 6.45) is 3.75. The molecule has 1 aliphatic rings. The predicted octanol–water partition coefficient (Wildman–Crippen LogP) is 3.06. The fourth-order valence-corrected chi connectivity index (χ4v) is 2.98. The van der Waals surface area contributed by atoms with Gasteiger partial charge in [-0.3, -0.25) is 4.79 Å². The Labute approximate surface area is 135 Å². The van der Waals surface area contributed by atoms with Gasteiger partial charge in [0.05, 0.1) is 0 Å². The maximum absolute atomic E-state index is 11.9. The standard InChI is InChI=1S/C15H21BrN2O.ClH/c1-11(9-12-5-2-3-7-14(12)16)18-15(19)10-13-6-4-8-17-13;/h2-3,5,7,11,13,17H,4,6,8-10H2,1H3,(H,18,19);1H. The fourth-order valence-electron chi connectivity index (χ4n) is 2.53. The molecule has 0 aliphatic carbocycles. The van der Waals surface area contributed by atoms with Crippen molar-refractivity contribution in [1.82, 2.24) is 10.6 Å². The molecule has 5 heteroatoms. The Kier molecular flexibility index (Phi) is 7.56. The van der Waals surface area contributed by atoms with Crippen LogP contribution in [0.15, 0.2) is 28.7 Å². The summed E-state index contributed by atoms with van der Waals surface area (Å²) >= 11 is 3.54. The lowest BCUT2D eigenvalue weighted by atomic mass is 10.1. The van der Waals surface area contributed by atoms with Crippen LogP contribution in [0.2, 0.25) is 0 Å². The lowest BCUT2D eigenvalue weighted by molar-refractivity contribution is -0.122. The van der Waals surface area contributed by atoms with Gasteiger partial charge >= 0.3 is 0 Å². The molecule has 0 radical (unpaired) electrons. The molecule has 0 spiro atoms. The van der Waals surface area contributed by atoms with Gasteiger partial charge in [0.2, 0.25) is 5.91 Å². The number of amides is 1. The molecule has 0 bridgehead atoms. The molecule has 0 aromatic heterocycles. The lowest BCUT2D eigenvalue weighted by Gasteiger charge is -2.16. The normalized spacial score (nSPS) is 19.2. The zero-order chi connectivity index (χ0) is 13.7. The number of hydrogen-bond acceptors (Lipinski definition) is 2. The Bertz CT molecular complexity index is 436. The van der Waals surface area contributed by atoms with E-state index in [0.717, 1.165) is 23.9 Å². The minimum Gasteiger partial charge on any atom is -0.353 e. The molecule has 1 heterocycles. The topological polar surface area (TPSA) is 41.1 Å². The van der Waals surface area contributed by atoms with E-state index in [0.29, 0.717) is 12.5 Å². The van der Waals surface area contributed by atoms with E-state index in [2.05, 4.69) is 39.6 Å². The number of hydrogen-bond donors (Lipinski definition) is 2. The van der Waals surface area contributed by atoms with Crippen molar-refractivity contribution in [3.63, 3.8) is 0 Å². The molecule has 112 valence electrons. The van der Waals surface area contributed by atoms with Crippen molar-refractivity contribution in [3.8, 4) is 0 Å². The van der Waals surface area contributed by atoms with Crippen LogP contribution in [0.25, 0.3) is 0 Å². The van der Waals surface area contributed by atoms with Gasteiger partial charge < -0.3 is 10.6 Å². The van der Waals surface area contributed by atoms with Crippen LogP contribution < -0.4 is 10.6 Å². The summed E-state index contributed by atoms with van der Waals surface area (Å²) in [7, 11) is 0. The third kappa shape index (κ3) is 5.43. The van der Waals surface area contributed by atoms with E-state index < -0.39 is 0 Å². The summed E-state index contributed by atoms with van der Waals surface area (Å²) in [5.74, 6) is 0.152. The Balaban J connectivity index is 0.00000200. The quantitative estimate of drug-likeness (QED) is 0.846. The number of rotatable bonds is 5. The minimum atomic E-state index is 0. The molecule has 1 amide bonds. The number of benzene rings is 1. The molecular formula is C15H22BrClN2O. The van der Waals surface area contributed by atoms with Crippen LogP contribution in [0.3, 0.4) is 0 Å². The molecule has 2 N–H and O–H groups in total. The molecule has 1 saturated heterocycles. The minimum absolute atomic E-state index is 0. The highest BCUT2D eigenvalue weighted by Gasteiger charge is 2.18. The number of carbonyl (C=O) groups excluding carboxylic acids is 1. The van der Waals surface area contributed by atoms with Crippen molar-refractivity contribution >= 4 is 34.2 Å². The van der Waals surface area contributed by atoms with Gasteiger partial charge in [0.25, 0.3) is 0 Å². The first-order valence-electron chi connectivity index (χ1n) is 6.91. The van der Waals surface area contributed by atoms with E-state index in [1.807, 2.05) is 18.2 Å². The van der Waals surface area contributed by atoms with Crippen molar-refractivity contribution < 1.29 is 4.79 Å². The maximum Gasteiger partial charge on any atom is 0.221 e. The monoisotopic (exact) mass is 360 g/mol. The van der Waals surface area contributed by atoms with Gasteiger partial charge in [0.15, 0.2) is 0 Å². The molecule has 2 unspecified atom stereocenters. The van der Waals surface area contributed by atoms with Crippen molar-refractivity contribution in [2.45, 2.75) is 44.7 Å². The molecule has 0 saturated carbocycles. The number of halogens is 2. The van der Waals surface area contributed by atoms with Crippen LogP contribution in [0.1, 0.15) is 31.7 Å². The largest absolute Gasteiger partial charge is 0.353 e. The molecule has 2 rings (SSSR count). The molecule has 1 aromatic carbocycles. The average Bonchev–Trinajstić information content (AvgIpc) is 2.84. The lowest BCUT2D eigenvalue weighted by Crippen LogP contribution is -2.37. The second-order valence-electron chi connectivity index (χ2n) is 5.26. The molecule has 2 atom stereocenters. The first-order chi connectivity index (χ1) is 9.15. The maximum atomic E-state index is 11.9. The Morgan fingerprint density at radius 1 is 1.50 bits per heavy atom. The predicted molar refractivity (Wildman–Crippen MR) is 88.3 cm³/mol. The second kappa shape index (κ2) is 8.65. The van der Waals surface area contributed by atoms with Crippen molar-refractivity contribution in [2.75, 3.05) is 6.54 Å². The van der Waals surface area contributed by atoms with Gasteiger partial charge in [-0.25, -0.2) is 0 Å². The van der Waals surface area contributed by atoms with Crippen LogP contribution >= 0.6 is 28.3 Å². The van der Waals surface area contributed by atoms with E-state index in [9.17, 15) is 4.79 Å². The third-order valence-electron chi connectivity index (χ3n) is 3.49. The average molecular weight is 362 g/mol. The van der Waals surface area contributed by atoms with E-state index in [1.54, 1.807) is 0 Å². The zero-order valence-corrected chi connectivity index (χ0v) is 14.1. The molecule has 20 heavy (non-hydrogen) atoms. The fraction of sp³-hybridized carbons (Fsp3) is 0.533. The highest BCUT2D eigenvalue weighted by molar-refractivity contribution is 9.10. The summed E-state index contributed by atoms with van der Waals surface area (Å²) < 4.78 is 1.11. The number of nitrogens with one attached hydrogen (secondary N) is 2. The number of carbonyl (C=O) groups is 1. The van der Waals surface area contributed by atoms with Crippen LogP contribution in [-0.4, -0.2) is 24.5 Å². The SMILES string of the molecule is CC(Cc1ccccc1Br)NC(=O)CC1CCCN1.Cl. The Hall–Kier alpha value is -0.580. The molecule has 3 nitrogen and oxygen atoms in total. The van der Waals surface area contributed by atoms with Crippen LogP contribution in [0, 0.1) is 0 Å². The first-order valence-corrected chi connectivity index (χ1v) is 7.70. The van der Waals surface area contributed by atoms with Crippen LogP contribution in [0.5, 0.6) is 0 Å². The molecule has 1 aromatic rings. The molecule has 1 aliphatic heterocycles. The van der Waals surface area contributed by atoms with E-state index >= 15 is 0 Å². The van der Waals surface area contributed by atoms with E-state index in [-0.39, 0.29) is 24.4 Å². The van der Waals surface area contributed by atoms with Gasteiger partial charge in [-0.05, 0) is 44.4 Å². The third-order valence-corrected chi connectivity index (χ3v) is 4.26. The van der Waals surface area contributed by atoms with Gasteiger partial charge in [-0.1, -0.05) is 34.1 Å². The van der Waals surface area contributed by atoms with Crippen molar-refractivity contribution in [2.24, 2.45) is 0 Å². The highest BCUT2D eigenvalue weighted by atomic mass is 79.9. The van der Waals surface area contributed by atoms with Gasteiger partial charge in [0, 0.05) is 23.0 Å². The summed E-state index contributed by atoms with van der Waals surface area (Å²) in [6, 6.07) is 8.68. The molecular weight excluding hydrogens is 340 g/mol. The molecule has 1 fully saturated rings. The van der Waals surface area contributed by atoms with Gasteiger partial charge in [-0.15, -0.1) is 12.4 Å². The zero-order valence-electron chi connectivity index (χ0n) is 11.7. The summed E-state index contributed by atoms with van der Waals surface area (Å²) in [6.45, 7) is 3.10. The summed E-state index contributed by atoms with van der Waals surface area (Å²) in [5, 5.41) is 6.43. The highest BCUT2D eigenvalue weighted by Crippen LogP contribution is 2.17. The van der Waals surface area contributed by atoms with Crippen LogP contribution in [0.4, 0.5) is 0 Å². The Morgan fingerprint density at radius 2 is 2.25 bits per heavy atom. The smallest absolute Gasteiger partial charge is 0.221 e. The van der Waals surface area contributed by atoms with Crippen molar-refractivity contribution in [3.05, 3.63) is 34.3 Å². The van der Waals surface area contributed by atoms with Crippen molar-refractivity contribution in [1.29, 1.82) is 0 Å².